The largest absolute Gasteiger partial charge is 0.394 e. The van der Waals surface area contributed by atoms with E-state index in [-0.39, 0.29) is 6.29 Å². The van der Waals surface area contributed by atoms with Crippen LogP contribution in [0, 0.1) is 0 Å². The minimum Gasteiger partial charge on any atom is -0.394 e. The first kappa shape index (κ1) is 20.3. The maximum atomic E-state index is 10.7. The first-order chi connectivity index (χ1) is 10.8. The van der Waals surface area contributed by atoms with Crippen LogP contribution in [0.25, 0.3) is 0 Å². The van der Waals surface area contributed by atoms with Crippen LogP contribution in [0.1, 0.15) is 0 Å². The van der Waals surface area contributed by atoms with Crippen molar-refractivity contribution in [2.24, 2.45) is 11.5 Å². The average molecular weight is 340 g/mol. The molecule has 11 nitrogen and oxygen atoms in total. The van der Waals surface area contributed by atoms with Crippen LogP contribution in [0.5, 0.6) is 0 Å². The molecule has 0 aromatic heterocycles. The van der Waals surface area contributed by atoms with Gasteiger partial charge in [0.2, 0.25) is 0 Å². The zero-order valence-electron chi connectivity index (χ0n) is 12.3. The number of aliphatic hydroxyl groups is 6. The summed E-state index contributed by atoms with van der Waals surface area (Å²) in [5.41, 5.74) is 11.0. The lowest BCUT2D eigenvalue weighted by atomic mass is 9.97. The normalized spacial score (nSPS) is 37.0. The fourth-order valence-corrected chi connectivity index (χ4v) is 2.18. The summed E-state index contributed by atoms with van der Waals surface area (Å²) in [6.07, 6.45) is -10.3. The number of aldehydes is 1. The van der Waals surface area contributed by atoms with Gasteiger partial charge in [-0.3, -0.25) is 0 Å². The van der Waals surface area contributed by atoms with Gasteiger partial charge >= 0.3 is 0 Å². The van der Waals surface area contributed by atoms with Gasteiger partial charge in [0, 0.05) is 0 Å². The second-order valence-electron chi connectivity index (χ2n) is 5.34. The molecule has 1 fully saturated rings. The molecule has 136 valence electrons. The third-order valence-electron chi connectivity index (χ3n) is 3.67. The van der Waals surface area contributed by atoms with Gasteiger partial charge in [-0.05, 0) is 0 Å². The zero-order chi connectivity index (χ0) is 17.7. The molecule has 0 aromatic carbocycles. The quantitative estimate of drug-likeness (QED) is 0.195. The lowest BCUT2D eigenvalue weighted by Crippen LogP contribution is -2.64. The molecule has 1 aliphatic heterocycles. The van der Waals surface area contributed by atoms with Crippen molar-refractivity contribution >= 4 is 6.29 Å². The van der Waals surface area contributed by atoms with Crippen molar-refractivity contribution in [2.45, 2.75) is 55.0 Å². The van der Waals surface area contributed by atoms with Gasteiger partial charge < -0.3 is 56.4 Å². The van der Waals surface area contributed by atoms with E-state index in [1.54, 1.807) is 0 Å². The second-order valence-corrected chi connectivity index (χ2v) is 5.34. The van der Waals surface area contributed by atoms with Crippen molar-refractivity contribution in [1.29, 1.82) is 0 Å². The monoisotopic (exact) mass is 340 g/mol. The molecule has 23 heavy (non-hydrogen) atoms. The van der Waals surface area contributed by atoms with Crippen molar-refractivity contribution in [2.75, 3.05) is 13.2 Å². The SMILES string of the molecule is N[C@H]1[C@H](O[C@@H]([C@H](O)[C@H](N)C=O)[C@H](O)CO)O[C@H](CO)[C@@H](O)[C@@H]1O. The molecule has 10 N–H and O–H groups in total. The number of ether oxygens (including phenoxy) is 2. The average Bonchev–Trinajstić information content (AvgIpc) is 2.57. The van der Waals surface area contributed by atoms with Crippen LogP contribution < -0.4 is 11.5 Å². The number of carbonyl (C=O) groups is 1. The van der Waals surface area contributed by atoms with E-state index < -0.39 is 68.2 Å². The van der Waals surface area contributed by atoms with E-state index in [2.05, 4.69) is 0 Å². The van der Waals surface area contributed by atoms with Crippen molar-refractivity contribution in [3.05, 3.63) is 0 Å². The molecule has 1 saturated heterocycles. The highest BCUT2D eigenvalue weighted by molar-refractivity contribution is 5.58. The number of hydrogen-bond donors (Lipinski definition) is 8. The third kappa shape index (κ3) is 4.64. The molecule has 0 bridgehead atoms. The van der Waals surface area contributed by atoms with Gasteiger partial charge in [-0.2, -0.15) is 0 Å². The molecule has 1 aliphatic rings. The highest BCUT2D eigenvalue weighted by Crippen LogP contribution is 2.23. The van der Waals surface area contributed by atoms with E-state index in [1.165, 1.54) is 0 Å². The number of rotatable bonds is 8. The highest BCUT2D eigenvalue weighted by Gasteiger charge is 2.45. The lowest BCUT2D eigenvalue weighted by Gasteiger charge is -2.42. The summed E-state index contributed by atoms with van der Waals surface area (Å²) < 4.78 is 10.4. The summed E-state index contributed by atoms with van der Waals surface area (Å²) in [6, 6.07) is -2.69. The molecule has 0 aliphatic carbocycles. The lowest BCUT2D eigenvalue weighted by molar-refractivity contribution is -0.295. The fourth-order valence-electron chi connectivity index (χ4n) is 2.18. The molecule has 1 rings (SSSR count). The third-order valence-corrected chi connectivity index (χ3v) is 3.67. The maximum Gasteiger partial charge on any atom is 0.176 e. The molecule has 0 saturated carbocycles. The van der Waals surface area contributed by atoms with Gasteiger partial charge in [0.25, 0.3) is 0 Å². The van der Waals surface area contributed by atoms with Crippen LogP contribution >= 0.6 is 0 Å². The van der Waals surface area contributed by atoms with E-state index in [9.17, 15) is 25.2 Å². The smallest absolute Gasteiger partial charge is 0.176 e. The molecule has 11 heteroatoms. The van der Waals surface area contributed by atoms with Crippen LogP contribution in [-0.2, 0) is 14.3 Å². The van der Waals surface area contributed by atoms with Crippen molar-refractivity contribution in [1.82, 2.24) is 0 Å². The predicted octanol–water partition coefficient (Wildman–Crippen LogP) is -5.62. The van der Waals surface area contributed by atoms with Gasteiger partial charge in [-0.1, -0.05) is 0 Å². The molecule has 0 radical (unpaired) electrons. The van der Waals surface area contributed by atoms with Gasteiger partial charge in [0.1, 0.15) is 42.9 Å². The summed E-state index contributed by atoms with van der Waals surface area (Å²) in [6.45, 7) is -1.46. The Labute approximate surface area is 132 Å². The number of nitrogens with two attached hydrogens (primary N) is 2. The Balaban J connectivity index is 2.91. The van der Waals surface area contributed by atoms with E-state index in [1.807, 2.05) is 0 Å². The maximum absolute atomic E-state index is 10.7. The van der Waals surface area contributed by atoms with Gasteiger partial charge in [0.15, 0.2) is 6.29 Å². The summed E-state index contributed by atoms with van der Waals surface area (Å²) in [5.74, 6) is 0. The summed E-state index contributed by atoms with van der Waals surface area (Å²) >= 11 is 0. The molecule has 0 amide bonds. The Bertz CT molecular complexity index is 372. The highest BCUT2D eigenvalue weighted by atomic mass is 16.7. The van der Waals surface area contributed by atoms with Crippen molar-refractivity contribution in [3.8, 4) is 0 Å². The van der Waals surface area contributed by atoms with Gasteiger partial charge in [-0.15, -0.1) is 0 Å². The zero-order valence-corrected chi connectivity index (χ0v) is 12.3. The Morgan fingerprint density at radius 1 is 1.22 bits per heavy atom. The summed E-state index contributed by atoms with van der Waals surface area (Å²) in [5, 5.41) is 57.3. The standard InChI is InChI=1S/C12H24N2O9/c13-4(1-15)8(19)11(5(18)2-16)23-12-7(14)10(21)9(20)6(3-17)22-12/h1,4-12,16-21H,2-3,13-14H2/t4-,5-,6-,7-,8-,9-,10-,11-,12+/m1/s1. The molecular formula is C12H24N2O9. The van der Waals surface area contributed by atoms with E-state index in [0.29, 0.717) is 0 Å². The number of carbonyl (C=O) groups excluding carboxylic acids is 1. The van der Waals surface area contributed by atoms with Crippen LogP contribution in [0.3, 0.4) is 0 Å². The second kappa shape index (κ2) is 8.94. The first-order valence-corrected chi connectivity index (χ1v) is 6.99. The molecular weight excluding hydrogens is 316 g/mol. The van der Waals surface area contributed by atoms with Crippen LogP contribution in [0.15, 0.2) is 0 Å². The summed E-state index contributed by atoms with van der Waals surface area (Å²) in [7, 11) is 0. The number of aliphatic hydroxyl groups excluding tert-OH is 6. The molecule has 0 unspecified atom stereocenters. The first-order valence-electron chi connectivity index (χ1n) is 6.99. The minimum absolute atomic E-state index is 0.224. The van der Waals surface area contributed by atoms with Gasteiger partial charge in [0.05, 0.1) is 25.3 Å². The van der Waals surface area contributed by atoms with E-state index >= 15 is 0 Å². The van der Waals surface area contributed by atoms with Crippen LogP contribution in [0.4, 0.5) is 0 Å². The predicted molar refractivity (Wildman–Crippen MR) is 73.7 cm³/mol. The summed E-state index contributed by atoms with van der Waals surface area (Å²) in [4.78, 5) is 10.7. The molecule has 0 spiro atoms. The Morgan fingerprint density at radius 2 is 1.83 bits per heavy atom. The van der Waals surface area contributed by atoms with Crippen LogP contribution in [0.2, 0.25) is 0 Å². The van der Waals surface area contributed by atoms with Crippen LogP contribution in [-0.4, -0.2) is 105 Å². The van der Waals surface area contributed by atoms with E-state index in [0.717, 1.165) is 0 Å². The molecule has 1 heterocycles. The molecule has 9 atom stereocenters. The Morgan fingerprint density at radius 3 is 2.30 bits per heavy atom. The van der Waals surface area contributed by atoms with Crippen molar-refractivity contribution in [3.63, 3.8) is 0 Å². The van der Waals surface area contributed by atoms with E-state index in [4.69, 9.17) is 31.2 Å². The molecule has 0 aromatic rings. The Hall–Kier alpha value is -0.730. The number of hydrogen-bond acceptors (Lipinski definition) is 11. The minimum atomic E-state index is -1.69. The fraction of sp³-hybridized carbons (Fsp3) is 0.917. The Kier molecular flexibility index (Phi) is 7.89. The topological polar surface area (TPSA) is 209 Å². The van der Waals surface area contributed by atoms with Gasteiger partial charge in [-0.25, -0.2) is 0 Å². The van der Waals surface area contributed by atoms with Crippen molar-refractivity contribution < 1.29 is 44.9 Å².